The zero-order chi connectivity index (χ0) is 67.1. The molecule has 0 saturated carbocycles. The number of carbonyl (C=O) groups excluding carboxylic acids is 2. The minimum atomic E-state index is -1.23. The van der Waals surface area contributed by atoms with Gasteiger partial charge in [0.2, 0.25) is 0 Å². The van der Waals surface area contributed by atoms with Crippen LogP contribution in [0, 0.1) is 27.1 Å². The number of ketones is 1. The zero-order valence-corrected chi connectivity index (χ0v) is 58.2. The predicted molar refractivity (Wildman–Crippen MR) is 361 cm³/mol. The minimum Gasteiger partial charge on any atom is -0.505 e. The number of rotatable bonds is 8. The molecule has 0 spiro atoms. The maximum atomic E-state index is 12.4. The van der Waals surface area contributed by atoms with Crippen LogP contribution in [0.15, 0.2) is 116 Å². The van der Waals surface area contributed by atoms with E-state index in [1.165, 1.54) is 22.1 Å². The zero-order valence-electron chi connectivity index (χ0n) is 56.5. The Balaban J connectivity index is 0.000000154. The number of phenolic OH excluding ortho intramolecular Hbond substituents is 1. The lowest BCUT2D eigenvalue weighted by Crippen LogP contribution is -2.43. The molecule has 1 amide bonds. The van der Waals surface area contributed by atoms with Crippen LogP contribution < -0.4 is 31.9 Å². The van der Waals surface area contributed by atoms with Gasteiger partial charge in [-0.15, -0.1) is 0 Å². The standard InChI is InChI=1S/C23H25N3O5.C14H23NO2S.C14H21NO2S.C10H15NO.C10H12O2/c1-23(2)10-8-15-12(9-11-31-15)21(23)25-17-16(19(28)20(17)29)24-14-7-5-6-13(18(14)27)22(30)26(3)4;2*1-13(2,3)18(16)15-12-10-7-9-17-11(10)6-8-14(12,4)5;2*1-10(2)5-3-8-7(9(10)11)4-6-12-8/h5-7,9,11,21,24-25,27H,8,10H2,1-4H3;7,9,12,15H,6,8H2,1-5H3;7,9H,6,8H2,1-5H3;4,6,9H,3,5,11H2,1-2H3;4,6H,3,5H2,1-2H3/t21-;12-,18-;18-;9-;/m1111./s1. The van der Waals surface area contributed by atoms with Crippen molar-refractivity contribution in [2.45, 2.75) is 203 Å². The van der Waals surface area contributed by atoms with Crippen molar-refractivity contribution in [3.05, 3.63) is 162 Å². The van der Waals surface area contributed by atoms with E-state index in [4.69, 9.17) is 27.8 Å². The van der Waals surface area contributed by atoms with Crippen molar-refractivity contribution in [3.63, 3.8) is 0 Å². The Morgan fingerprint density at radius 1 is 0.582 bits per heavy atom. The molecule has 5 aliphatic carbocycles. The van der Waals surface area contributed by atoms with Crippen molar-refractivity contribution < 1.29 is 45.2 Å². The van der Waals surface area contributed by atoms with Gasteiger partial charge in [0.1, 0.15) is 51.2 Å². The van der Waals surface area contributed by atoms with Crippen molar-refractivity contribution >= 4 is 56.4 Å². The molecule has 0 saturated heterocycles. The second kappa shape index (κ2) is 26.6. The molecular weight excluding hydrogens is 1190 g/mol. The lowest BCUT2D eigenvalue weighted by Gasteiger charge is -2.39. The molecule has 0 aliphatic heterocycles. The van der Waals surface area contributed by atoms with Gasteiger partial charge in [-0.1, -0.05) is 75.3 Å². The number of nitrogens with two attached hydrogens (primary N) is 1. The third-order valence-electron chi connectivity index (χ3n) is 18.5. The largest absolute Gasteiger partial charge is 0.505 e. The SMILES string of the molecule is CC1(C)CCc2occc2C1=N[S@](=O)C(C)(C)C.CC1(C)CCc2occc2C1=O.CC1(C)CCc2occc2[C@H]1N.CC1(C)CCc2occc2[C@H]1N[S@](=O)C(C)(C)C.CN(C)C(=O)c1cccc(Nc2c(N[C@@H]3c4ccoc4CCC3(C)C)c(=O)c2=O)c1O. The fourth-order valence-corrected chi connectivity index (χ4v) is 13.7. The number of amides is 1. The summed E-state index contributed by atoms with van der Waals surface area (Å²) in [5, 5.41) is 16.7. The Bertz CT molecular complexity index is 3890. The summed E-state index contributed by atoms with van der Waals surface area (Å²) in [5.74, 6) is 4.39. The molecule has 18 nitrogen and oxygen atoms in total. The number of Topliss-reactive ketones (excluding diaryl/α,β-unsaturated/α-hetero) is 1. The van der Waals surface area contributed by atoms with E-state index in [0.717, 1.165) is 115 Å². The highest BCUT2D eigenvalue weighted by Gasteiger charge is 2.43. The summed E-state index contributed by atoms with van der Waals surface area (Å²) < 4.78 is 58.9. The second-order valence-electron chi connectivity index (χ2n) is 30.2. The van der Waals surface area contributed by atoms with E-state index in [-0.39, 0.29) is 94.8 Å². The first kappa shape index (κ1) is 70.0. The molecule has 5 atom stereocenters. The van der Waals surface area contributed by atoms with Crippen LogP contribution >= 0.6 is 0 Å². The normalized spacial score (nSPS) is 21.5. The van der Waals surface area contributed by atoms with Gasteiger partial charge in [0, 0.05) is 85.3 Å². The number of nitrogens with one attached hydrogen (secondary N) is 3. The number of phenols is 1. The molecule has 0 fully saturated rings. The van der Waals surface area contributed by atoms with Crippen molar-refractivity contribution in [1.82, 2.24) is 9.62 Å². The Labute approximate surface area is 541 Å². The fraction of sp³-hybridized carbons (Fsp3) is 0.535. The number of anilines is 3. The van der Waals surface area contributed by atoms with E-state index in [0.29, 0.717) is 0 Å². The molecule has 12 rings (SSSR count). The van der Waals surface area contributed by atoms with Crippen LogP contribution in [0.3, 0.4) is 0 Å². The highest BCUT2D eigenvalue weighted by atomic mass is 32.2. The Morgan fingerprint density at radius 3 is 1.58 bits per heavy atom. The van der Waals surface area contributed by atoms with Crippen LogP contribution in [-0.2, 0) is 54.1 Å². The van der Waals surface area contributed by atoms with Gasteiger partial charge in [0.25, 0.3) is 16.8 Å². The molecule has 5 heterocycles. The maximum Gasteiger partial charge on any atom is 0.257 e. The first-order valence-electron chi connectivity index (χ1n) is 31.5. The quantitative estimate of drug-likeness (QED) is 0.0699. The Hall–Kier alpha value is -6.87. The minimum absolute atomic E-state index is 0.0439. The van der Waals surface area contributed by atoms with Crippen LogP contribution in [0.4, 0.5) is 17.1 Å². The van der Waals surface area contributed by atoms with E-state index < -0.39 is 32.8 Å². The van der Waals surface area contributed by atoms with Gasteiger partial charge in [-0.3, -0.25) is 19.2 Å². The summed E-state index contributed by atoms with van der Waals surface area (Å²) in [6, 6.07) is 14.3. The van der Waals surface area contributed by atoms with E-state index in [2.05, 4.69) is 75.1 Å². The lowest BCUT2D eigenvalue weighted by atomic mass is 9.72. The molecule has 5 aliphatic rings. The number of carbonyl (C=O) groups is 2. The smallest absolute Gasteiger partial charge is 0.257 e. The van der Waals surface area contributed by atoms with Crippen LogP contribution in [0.2, 0.25) is 0 Å². The molecule has 2 aromatic carbocycles. The number of aryl methyl sites for hydroxylation is 5. The number of hydrogen-bond acceptors (Lipinski definition) is 15. The van der Waals surface area contributed by atoms with E-state index >= 15 is 0 Å². The number of aromatic hydroxyl groups is 1. The predicted octanol–water partition coefficient (Wildman–Crippen LogP) is 14.7. The molecule has 6 N–H and O–H groups in total. The average Bonchev–Trinajstić information content (AvgIpc) is 1.29. The molecular formula is C71H96N6O12S2. The summed E-state index contributed by atoms with van der Waals surface area (Å²) in [6.45, 7) is 33.2. The van der Waals surface area contributed by atoms with Gasteiger partial charge in [0.15, 0.2) is 11.5 Å². The van der Waals surface area contributed by atoms with Gasteiger partial charge in [0.05, 0.1) is 86.4 Å². The number of para-hydroxylation sites is 1. The summed E-state index contributed by atoms with van der Waals surface area (Å²) in [6.07, 6.45) is 17.9. The number of fused-ring (bicyclic) bond motifs is 5. The number of furan rings is 5. The van der Waals surface area contributed by atoms with Crippen LogP contribution in [-0.4, -0.2) is 59.4 Å². The van der Waals surface area contributed by atoms with E-state index in [1.54, 1.807) is 63.6 Å². The van der Waals surface area contributed by atoms with Gasteiger partial charge < -0.3 is 48.5 Å². The first-order valence-corrected chi connectivity index (χ1v) is 33.7. The number of benzene rings is 1. The van der Waals surface area contributed by atoms with Crippen molar-refractivity contribution in [1.29, 1.82) is 0 Å². The fourth-order valence-electron chi connectivity index (χ4n) is 11.9. The summed E-state index contributed by atoms with van der Waals surface area (Å²) in [4.78, 5) is 50.1. The van der Waals surface area contributed by atoms with Crippen LogP contribution in [0.1, 0.15) is 233 Å². The number of hydrogen-bond donors (Lipinski definition) is 5. The molecule has 20 heteroatoms. The van der Waals surface area contributed by atoms with Gasteiger partial charge in [-0.2, -0.15) is 4.40 Å². The lowest BCUT2D eigenvalue weighted by molar-refractivity contribution is 0.0802. The molecule has 7 aromatic rings. The van der Waals surface area contributed by atoms with Crippen molar-refractivity contribution in [2.24, 2.45) is 37.2 Å². The maximum absolute atomic E-state index is 12.4. The van der Waals surface area contributed by atoms with Gasteiger partial charge >= 0.3 is 0 Å². The first-order chi connectivity index (χ1) is 42.3. The molecule has 0 radical (unpaired) electrons. The second-order valence-corrected chi connectivity index (χ2v) is 34.1. The average molecular weight is 1290 g/mol. The summed E-state index contributed by atoms with van der Waals surface area (Å²) in [5.41, 5.74) is 11.3. The van der Waals surface area contributed by atoms with Crippen LogP contribution in [0.5, 0.6) is 5.75 Å². The van der Waals surface area contributed by atoms with E-state index in [9.17, 15) is 32.7 Å². The molecule has 0 unspecified atom stereocenters. The van der Waals surface area contributed by atoms with Crippen LogP contribution in [0.25, 0.3) is 0 Å². The molecule has 0 bridgehead atoms. The van der Waals surface area contributed by atoms with Gasteiger partial charge in [-0.25, -0.2) is 13.1 Å². The van der Waals surface area contributed by atoms with E-state index in [1.807, 2.05) is 79.7 Å². The van der Waals surface area contributed by atoms with Crippen molar-refractivity contribution in [3.8, 4) is 5.75 Å². The summed E-state index contributed by atoms with van der Waals surface area (Å²) in [7, 11) is 0.869. The molecule has 5 aromatic heterocycles. The highest BCUT2D eigenvalue weighted by Crippen LogP contribution is 2.48. The molecule has 91 heavy (non-hydrogen) atoms. The highest BCUT2D eigenvalue weighted by molar-refractivity contribution is 7.85. The molecule has 494 valence electrons. The monoisotopic (exact) mass is 1290 g/mol. The topological polar surface area (TPSA) is 266 Å². The third-order valence-corrected chi connectivity index (χ3v) is 21.5. The Morgan fingerprint density at radius 2 is 1.03 bits per heavy atom. The summed E-state index contributed by atoms with van der Waals surface area (Å²) >= 11 is 0. The van der Waals surface area contributed by atoms with Crippen molar-refractivity contribution in [2.75, 3.05) is 24.7 Å². The Kier molecular flexibility index (Phi) is 20.5. The van der Waals surface area contributed by atoms with Gasteiger partial charge in [-0.05, 0) is 132 Å². The number of nitrogens with zero attached hydrogens (tertiary/aromatic N) is 2. The third kappa shape index (κ3) is 15.3.